The van der Waals surface area contributed by atoms with Crippen LogP contribution in [0.1, 0.15) is 251 Å². The summed E-state index contributed by atoms with van der Waals surface area (Å²) < 4.78 is 0. The van der Waals surface area contributed by atoms with Crippen LogP contribution in [0.5, 0.6) is 0 Å². The Kier molecular flexibility index (Phi) is 39.6. The number of rotatable bonds is 41. The predicted octanol–water partition coefficient (Wildman–Crippen LogP) is 12.7. The van der Waals surface area contributed by atoms with E-state index in [9.17, 15) is 20.1 Å². The average molecular weight is 696 g/mol. The van der Waals surface area contributed by atoms with Gasteiger partial charge in [-0.05, 0) is 12.8 Å². The van der Waals surface area contributed by atoms with E-state index in [1.165, 1.54) is 186 Å². The summed E-state index contributed by atoms with van der Waals surface area (Å²) in [7, 11) is 0. The van der Waals surface area contributed by atoms with Crippen LogP contribution in [0, 0.1) is 0 Å². The van der Waals surface area contributed by atoms with Gasteiger partial charge >= 0.3 is 0 Å². The predicted molar refractivity (Wildman–Crippen MR) is 213 cm³/mol. The van der Waals surface area contributed by atoms with Gasteiger partial charge < -0.3 is 20.6 Å². The molecule has 3 unspecified atom stereocenters. The highest BCUT2D eigenvalue weighted by Crippen LogP contribution is 2.17. The summed E-state index contributed by atoms with van der Waals surface area (Å²) in [6.45, 7) is 4.17. The van der Waals surface area contributed by atoms with E-state index in [0.717, 1.165) is 38.5 Å². The van der Waals surface area contributed by atoms with Crippen LogP contribution in [0.25, 0.3) is 0 Å². The van der Waals surface area contributed by atoms with Crippen molar-refractivity contribution in [3.63, 3.8) is 0 Å². The van der Waals surface area contributed by atoms with E-state index in [1.54, 1.807) is 0 Å². The van der Waals surface area contributed by atoms with Crippen molar-refractivity contribution >= 4 is 5.91 Å². The van der Waals surface area contributed by atoms with E-state index < -0.39 is 18.2 Å². The minimum atomic E-state index is -1.13. The third-order valence-corrected chi connectivity index (χ3v) is 10.7. The number of hydrogen-bond donors (Lipinski definition) is 4. The van der Waals surface area contributed by atoms with Crippen LogP contribution < -0.4 is 5.32 Å². The van der Waals surface area contributed by atoms with Crippen molar-refractivity contribution < 1.29 is 20.1 Å². The van der Waals surface area contributed by atoms with Gasteiger partial charge in [-0.15, -0.1) is 0 Å². The van der Waals surface area contributed by atoms with Crippen LogP contribution in [0.4, 0.5) is 0 Å². The molecule has 1 amide bonds. The number of amides is 1. The van der Waals surface area contributed by atoms with Crippen molar-refractivity contribution in [1.82, 2.24) is 5.32 Å². The Hall–Kier alpha value is -0.650. The van der Waals surface area contributed by atoms with Crippen LogP contribution in [0.3, 0.4) is 0 Å². The molecule has 0 saturated heterocycles. The Labute approximate surface area is 307 Å². The normalized spacial score (nSPS) is 13.5. The van der Waals surface area contributed by atoms with E-state index in [-0.39, 0.29) is 12.5 Å². The highest BCUT2D eigenvalue weighted by Gasteiger charge is 2.26. The Morgan fingerprint density at radius 1 is 0.429 bits per heavy atom. The third kappa shape index (κ3) is 35.5. The van der Waals surface area contributed by atoms with Crippen molar-refractivity contribution in [3.8, 4) is 0 Å². The molecular weight excluding hydrogens is 606 g/mol. The third-order valence-electron chi connectivity index (χ3n) is 10.7. The van der Waals surface area contributed by atoms with Gasteiger partial charge in [0.15, 0.2) is 0 Å². The molecule has 0 saturated carbocycles. The van der Waals surface area contributed by atoms with Crippen LogP contribution in [-0.4, -0.2) is 46.1 Å². The molecule has 0 aromatic heterocycles. The van der Waals surface area contributed by atoms with Gasteiger partial charge in [0.1, 0.15) is 6.10 Å². The molecule has 0 aliphatic heterocycles. The molecule has 0 rings (SSSR count). The lowest BCUT2D eigenvalue weighted by atomic mass is 9.99. The average Bonchev–Trinajstić information content (AvgIpc) is 3.10. The van der Waals surface area contributed by atoms with Gasteiger partial charge in [0.25, 0.3) is 0 Å². The molecule has 0 aliphatic rings. The van der Waals surface area contributed by atoms with Gasteiger partial charge in [-0.25, -0.2) is 0 Å². The maximum absolute atomic E-state index is 12.4. The Balaban J connectivity index is 3.47. The molecule has 49 heavy (non-hydrogen) atoms. The van der Waals surface area contributed by atoms with Crippen LogP contribution in [-0.2, 0) is 4.79 Å². The van der Waals surface area contributed by atoms with Crippen molar-refractivity contribution in [2.45, 2.75) is 270 Å². The standard InChI is InChI=1S/C44H89NO4/c1-3-5-7-9-11-13-14-15-16-17-18-19-20-21-22-23-24-25-26-27-28-29-31-33-35-37-39-43(48)45-41(40-46)44(49)42(47)38-36-34-32-30-12-10-8-6-4-2/h41-42,44,46-47,49H,3-40H2,1-2H3,(H,45,48). The molecule has 0 aliphatic carbocycles. The molecule has 0 radical (unpaired) electrons. The minimum absolute atomic E-state index is 0.141. The first-order valence-corrected chi connectivity index (χ1v) is 22.3. The Morgan fingerprint density at radius 2 is 0.694 bits per heavy atom. The molecule has 0 spiro atoms. The zero-order valence-corrected chi connectivity index (χ0v) is 33.4. The van der Waals surface area contributed by atoms with Crippen molar-refractivity contribution in [2.24, 2.45) is 0 Å². The molecule has 0 fully saturated rings. The van der Waals surface area contributed by atoms with E-state index in [1.807, 2.05) is 0 Å². The molecule has 0 heterocycles. The van der Waals surface area contributed by atoms with Crippen molar-refractivity contribution in [3.05, 3.63) is 0 Å². The second-order valence-electron chi connectivity index (χ2n) is 15.6. The largest absolute Gasteiger partial charge is 0.394 e. The summed E-state index contributed by atoms with van der Waals surface area (Å²) in [5.74, 6) is -0.141. The van der Waals surface area contributed by atoms with Crippen molar-refractivity contribution in [2.75, 3.05) is 6.61 Å². The minimum Gasteiger partial charge on any atom is -0.394 e. The molecule has 5 nitrogen and oxygen atoms in total. The summed E-state index contributed by atoms with van der Waals surface area (Å²) in [6, 6.07) is -0.801. The van der Waals surface area contributed by atoms with Gasteiger partial charge in [0, 0.05) is 6.42 Å². The number of hydrogen-bond acceptors (Lipinski definition) is 4. The maximum atomic E-state index is 12.4. The molecule has 4 N–H and O–H groups in total. The SMILES string of the molecule is CCCCCCCCCCCCCCCCCCCCCCCCCCCCC(=O)NC(CO)C(O)C(O)CCCCCCCCCCC. The number of carbonyl (C=O) groups is 1. The molecule has 0 aromatic carbocycles. The summed E-state index contributed by atoms with van der Waals surface area (Å²) in [5, 5.41) is 33.4. The fourth-order valence-electron chi connectivity index (χ4n) is 7.22. The van der Waals surface area contributed by atoms with E-state index in [0.29, 0.717) is 12.8 Å². The number of aliphatic hydroxyl groups excluding tert-OH is 3. The first-order chi connectivity index (χ1) is 24.1. The van der Waals surface area contributed by atoms with E-state index in [4.69, 9.17) is 0 Å². The molecule has 3 atom stereocenters. The smallest absolute Gasteiger partial charge is 0.220 e. The lowest BCUT2D eigenvalue weighted by Crippen LogP contribution is -2.50. The number of carbonyl (C=O) groups excluding carboxylic acids is 1. The van der Waals surface area contributed by atoms with E-state index >= 15 is 0 Å². The second kappa shape index (κ2) is 40.1. The summed E-state index contributed by atoms with van der Waals surface area (Å²) in [6.07, 6.45) is 45.2. The van der Waals surface area contributed by atoms with Crippen LogP contribution in [0.15, 0.2) is 0 Å². The zero-order valence-electron chi connectivity index (χ0n) is 33.4. The van der Waals surface area contributed by atoms with Crippen molar-refractivity contribution in [1.29, 1.82) is 0 Å². The van der Waals surface area contributed by atoms with Gasteiger partial charge in [-0.1, -0.05) is 232 Å². The molecule has 294 valence electrons. The quantitative estimate of drug-likeness (QED) is 0.0479. The zero-order chi connectivity index (χ0) is 35.9. The summed E-state index contributed by atoms with van der Waals surface area (Å²) in [5.41, 5.74) is 0. The fourth-order valence-corrected chi connectivity index (χ4v) is 7.22. The van der Waals surface area contributed by atoms with Crippen LogP contribution in [0.2, 0.25) is 0 Å². The number of nitrogens with one attached hydrogen (secondary N) is 1. The molecule has 0 aromatic rings. The van der Waals surface area contributed by atoms with Gasteiger partial charge in [0.05, 0.1) is 18.8 Å². The summed E-state index contributed by atoms with van der Waals surface area (Å²) in [4.78, 5) is 12.4. The molecular formula is C44H89NO4. The van der Waals surface area contributed by atoms with Gasteiger partial charge in [-0.3, -0.25) is 4.79 Å². The Morgan fingerprint density at radius 3 is 0.980 bits per heavy atom. The first kappa shape index (κ1) is 48.3. The van der Waals surface area contributed by atoms with Crippen LogP contribution >= 0.6 is 0 Å². The summed E-state index contributed by atoms with van der Waals surface area (Å²) >= 11 is 0. The Bertz CT molecular complexity index is 644. The number of aliphatic hydroxyl groups is 3. The molecule has 0 bridgehead atoms. The lowest BCUT2D eigenvalue weighted by molar-refractivity contribution is -0.124. The highest BCUT2D eigenvalue weighted by atomic mass is 16.3. The monoisotopic (exact) mass is 696 g/mol. The van der Waals surface area contributed by atoms with Gasteiger partial charge in [-0.2, -0.15) is 0 Å². The first-order valence-electron chi connectivity index (χ1n) is 22.3. The van der Waals surface area contributed by atoms with E-state index in [2.05, 4.69) is 19.2 Å². The fraction of sp³-hybridized carbons (Fsp3) is 0.977. The lowest BCUT2D eigenvalue weighted by Gasteiger charge is -2.26. The molecule has 5 heteroatoms. The highest BCUT2D eigenvalue weighted by molar-refractivity contribution is 5.76. The topological polar surface area (TPSA) is 89.8 Å². The van der Waals surface area contributed by atoms with Gasteiger partial charge in [0.2, 0.25) is 5.91 Å². The maximum Gasteiger partial charge on any atom is 0.220 e. The number of unbranched alkanes of at least 4 members (excludes halogenated alkanes) is 33. The second-order valence-corrected chi connectivity index (χ2v) is 15.6.